The largest absolute Gasteiger partial charge is 0.497 e. The highest BCUT2D eigenvalue weighted by Crippen LogP contribution is 2.36. The molecular formula is C16H24N2OS. The molecule has 0 spiro atoms. The van der Waals surface area contributed by atoms with Crippen molar-refractivity contribution in [3.8, 4) is 5.75 Å². The van der Waals surface area contributed by atoms with Gasteiger partial charge in [0.15, 0.2) is 0 Å². The van der Waals surface area contributed by atoms with Crippen LogP contribution in [0, 0.1) is 11.8 Å². The molecule has 0 heterocycles. The lowest BCUT2D eigenvalue weighted by molar-refractivity contribution is 0.391. The van der Waals surface area contributed by atoms with Gasteiger partial charge in [0.2, 0.25) is 0 Å². The van der Waals surface area contributed by atoms with Crippen LogP contribution in [0.3, 0.4) is 0 Å². The number of hydrogen-bond acceptors (Lipinski definition) is 3. The Bertz CT molecular complexity index is 489. The average molecular weight is 292 g/mol. The fourth-order valence-corrected chi connectivity index (χ4v) is 3.39. The Kier molecular flexibility index (Phi) is 4.86. The summed E-state index contributed by atoms with van der Waals surface area (Å²) in [7, 11) is 1.67. The summed E-state index contributed by atoms with van der Waals surface area (Å²) in [6.07, 6.45) is 3.75. The number of rotatable bonds is 5. The average Bonchev–Trinajstić information content (AvgIpc) is 2.79. The number of nitrogens with two attached hydrogens (primary N) is 1. The van der Waals surface area contributed by atoms with Gasteiger partial charge in [-0.1, -0.05) is 32.5 Å². The van der Waals surface area contributed by atoms with E-state index in [2.05, 4.69) is 19.2 Å². The molecule has 3 N–H and O–H groups in total. The standard InChI is InChI=1S/C16H24N2OS/c1-4-11-5-8-14(10(11)2)18-15-9-12(19-3)6-7-13(15)16(17)20/h6-7,9-11,14,18H,4-5,8H2,1-3H3,(H2,17,20). The van der Waals surface area contributed by atoms with Gasteiger partial charge in [-0.25, -0.2) is 0 Å². The summed E-state index contributed by atoms with van der Waals surface area (Å²) in [6.45, 7) is 4.61. The summed E-state index contributed by atoms with van der Waals surface area (Å²) >= 11 is 5.14. The van der Waals surface area contributed by atoms with E-state index in [-0.39, 0.29) is 0 Å². The lowest BCUT2D eigenvalue weighted by Crippen LogP contribution is -2.26. The topological polar surface area (TPSA) is 47.3 Å². The molecule has 0 aliphatic heterocycles. The lowest BCUT2D eigenvalue weighted by Gasteiger charge is -2.23. The van der Waals surface area contributed by atoms with Gasteiger partial charge >= 0.3 is 0 Å². The van der Waals surface area contributed by atoms with Crippen LogP contribution >= 0.6 is 12.2 Å². The molecule has 0 radical (unpaired) electrons. The fourth-order valence-electron chi connectivity index (χ4n) is 3.21. The fraction of sp³-hybridized carbons (Fsp3) is 0.562. The molecule has 1 aromatic carbocycles. The van der Waals surface area contributed by atoms with Crippen LogP contribution in [0.25, 0.3) is 0 Å². The molecule has 110 valence electrons. The first-order chi connectivity index (χ1) is 9.56. The molecule has 1 aromatic rings. The second-order valence-corrected chi connectivity index (χ2v) is 6.07. The van der Waals surface area contributed by atoms with Gasteiger partial charge in [-0.05, 0) is 36.8 Å². The van der Waals surface area contributed by atoms with Crippen LogP contribution < -0.4 is 15.8 Å². The third-order valence-electron chi connectivity index (χ3n) is 4.58. The predicted octanol–water partition coefficient (Wildman–Crippen LogP) is 3.57. The smallest absolute Gasteiger partial charge is 0.120 e. The first-order valence-corrected chi connectivity index (χ1v) is 7.72. The zero-order valence-corrected chi connectivity index (χ0v) is 13.3. The predicted molar refractivity (Wildman–Crippen MR) is 88.5 cm³/mol. The molecule has 3 atom stereocenters. The van der Waals surface area contributed by atoms with Crippen molar-refractivity contribution in [1.82, 2.24) is 0 Å². The number of methoxy groups -OCH3 is 1. The third-order valence-corrected chi connectivity index (χ3v) is 4.80. The number of benzene rings is 1. The summed E-state index contributed by atoms with van der Waals surface area (Å²) in [6, 6.07) is 6.30. The molecular weight excluding hydrogens is 268 g/mol. The van der Waals surface area contributed by atoms with Crippen LogP contribution in [0.2, 0.25) is 0 Å². The van der Waals surface area contributed by atoms with Crippen molar-refractivity contribution in [3.63, 3.8) is 0 Å². The molecule has 3 nitrogen and oxygen atoms in total. The van der Waals surface area contributed by atoms with E-state index in [4.69, 9.17) is 22.7 Å². The van der Waals surface area contributed by atoms with Gasteiger partial charge in [0.25, 0.3) is 0 Å². The number of hydrogen-bond donors (Lipinski definition) is 2. The van der Waals surface area contributed by atoms with E-state index < -0.39 is 0 Å². The van der Waals surface area contributed by atoms with Crippen molar-refractivity contribution in [1.29, 1.82) is 0 Å². The summed E-state index contributed by atoms with van der Waals surface area (Å²) in [5, 5.41) is 3.63. The Balaban J connectivity index is 2.21. The molecule has 1 aliphatic carbocycles. The maximum absolute atomic E-state index is 5.82. The van der Waals surface area contributed by atoms with Gasteiger partial charge in [0.05, 0.1) is 7.11 Å². The molecule has 4 heteroatoms. The van der Waals surface area contributed by atoms with E-state index in [9.17, 15) is 0 Å². The van der Waals surface area contributed by atoms with E-state index in [1.165, 1.54) is 19.3 Å². The molecule has 1 aliphatic rings. The number of ether oxygens (including phenoxy) is 1. The number of nitrogens with one attached hydrogen (secondary N) is 1. The summed E-state index contributed by atoms with van der Waals surface area (Å²) in [5.41, 5.74) is 7.71. The van der Waals surface area contributed by atoms with E-state index in [1.54, 1.807) is 7.11 Å². The Morgan fingerprint density at radius 2 is 2.20 bits per heavy atom. The molecule has 0 amide bonds. The van der Waals surface area contributed by atoms with Crippen molar-refractivity contribution < 1.29 is 4.74 Å². The number of thiocarbonyl (C=S) groups is 1. The van der Waals surface area contributed by atoms with E-state index >= 15 is 0 Å². The summed E-state index contributed by atoms with van der Waals surface area (Å²) < 4.78 is 5.30. The van der Waals surface area contributed by atoms with Crippen molar-refractivity contribution in [2.24, 2.45) is 17.6 Å². The highest BCUT2D eigenvalue weighted by atomic mass is 32.1. The van der Waals surface area contributed by atoms with Gasteiger partial charge in [0.1, 0.15) is 10.7 Å². The van der Waals surface area contributed by atoms with E-state index in [0.29, 0.717) is 16.9 Å². The van der Waals surface area contributed by atoms with Crippen LogP contribution in [0.1, 0.15) is 38.7 Å². The Labute approximate surface area is 126 Å². The van der Waals surface area contributed by atoms with Gasteiger partial charge in [-0.2, -0.15) is 0 Å². The van der Waals surface area contributed by atoms with Crippen LogP contribution in [-0.2, 0) is 0 Å². The van der Waals surface area contributed by atoms with Crippen LogP contribution in [0.4, 0.5) is 5.69 Å². The van der Waals surface area contributed by atoms with E-state index in [1.807, 2.05) is 18.2 Å². The molecule has 1 saturated carbocycles. The second kappa shape index (κ2) is 6.44. The zero-order chi connectivity index (χ0) is 14.7. The SMILES string of the molecule is CCC1CCC(Nc2cc(OC)ccc2C(N)=S)C1C. The first kappa shape index (κ1) is 15.1. The normalized spacial score (nSPS) is 25.4. The summed E-state index contributed by atoms with van der Waals surface area (Å²) in [5.74, 6) is 2.31. The molecule has 0 bridgehead atoms. The second-order valence-electron chi connectivity index (χ2n) is 5.63. The van der Waals surface area contributed by atoms with Crippen LogP contribution in [-0.4, -0.2) is 18.1 Å². The number of anilines is 1. The minimum absolute atomic E-state index is 0.424. The van der Waals surface area contributed by atoms with E-state index in [0.717, 1.165) is 22.9 Å². The van der Waals surface area contributed by atoms with Crippen molar-refractivity contribution in [2.75, 3.05) is 12.4 Å². The van der Waals surface area contributed by atoms with Crippen molar-refractivity contribution in [3.05, 3.63) is 23.8 Å². The molecule has 20 heavy (non-hydrogen) atoms. The molecule has 3 unspecified atom stereocenters. The Hall–Kier alpha value is -1.29. The van der Waals surface area contributed by atoms with Crippen LogP contribution in [0.5, 0.6) is 5.75 Å². The minimum atomic E-state index is 0.424. The summed E-state index contributed by atoms with van der Waals surface area (Å²) in [4.78, 5) is 0.424. The van der Waals surface area contributed by atoms with Gasteiger partial charge in [0, 0.05) is 23.4 Å². The van der Waals surface area contributed by atoms with Gasteiger partial charge in [-0.3, -0.25) is 0 Å². The molecule has 2 rings (SSSR count). The highest BCUT2D eigenvalue weighted by Gasteiger charge is 2.31. The highest BCUT2D eigenvalue weighted by molar-refractivity contribution is 7.80. The van der Waals surface area contributed by atoms with Gasteiger partial charge < -0.3 is 15.8 Å². The van der Waals surface area contributed by atoms with Crippen molar-refractivity contribution in [2.45, 2.75) is 39.2 Å². The quantitative estimate of drug-likeness (QED) is 0.815. The molecule has 0 saturated heterocycles. The van der Waals surface area contributed by atoms with Gasteiger partial charge in [-0.15, -0.1) is 0 Å². The first-order valence-electron chi connectivity index (χ1n) is 7.31. The van der Waals surface area contributed by atoms with Crippen LogP contribution in [0.15, 0.2) is 18.2 Å². The Morgan fingerprint density at radius 1 is 1.45 bits per heavy atom. The Morgan fingerprint density at radius 3 is 2.75 bits per heavy atom. The minimum Gasteiger partial charge on any atom is -0.497 e. The molecule has 1 fully saturated rings. The zero-order valence-electron chi connectivity index (χ0n) is 12.5. The third kappa shape index (κ3) is 3.06. The maximum Gasteiger partial charge on any atom is 0.120 e. The maximum atomic E-state index is 5.82. The lowest BCUT2D eigenvalue weighted by atomic mass is 9.93. The molecule has 0 aromatic heterocycles. The van der Waals surface area contributed by atoms with Crippen molar-refractivity contribution >= 4 is 22.9 Å². The monoisotopic (exact) mass is 292 g/mol.